The molecule has 2 aliphatic carbocycles. The summed E-state index contributed by atoms with van der Waals surface area (Å²) in [6.07, 6.45) is 7.90. The lowest BCUT2D eigenvalue weighted by Gasteiger charge is -2.21. The molecule has 0 saturated heterocycles. The molecule has 18 heavy (non-hydrogen) atoms. The molecule has 3 rings (SSSR count). The highest BCUT2D eigenvalue weighted by molar-refractivity contribution is 5.02. The third-order valence-corrected chi connectivity index (χ3v) is 4.56. The van der Waals surface area contributed by atoms with Crippen LogP contribution < -0.4 is 5.32 Å². The number of rotatable bonds is 5. The minimum Gasteiger partial charge on any atom is -0.311 e. The molecule has 1 aromatic rings. The van der Waals surface area contributed by atoms with Gasteiger partial charge in [0.15, 0.2) is 0 Å². The van der Waals surface area contributed by atoms with Crippen LogP contribution in [0, 0.1) is 17.8 Å². The van der Waals surface area contributed by atoms with Crippen LogP contribution in [0.4, 0.5) is 0 Å². The Morgan fingerprint density at radius 1 is 1.39 bits per heavy atom. The van der Waals surface area contributed by atoms with Gasteiger partial charge in [-0.05, 0) is 49.6 Å². The van der Waals surface area contributed by atoms with Gasteiger partial charge in [-0.1, -0.05) is 20.3 Å². The Kier molecular flexibility index (Phi) is 3.42. The zero-order valence-corrected chi connectivity index (χ0v) is 11.6. The van der Waals surface area contributed by atoms with Crippen molar-refractivity contribution < 1.29 is 0 Å². The molecule has 3 heteroatoms. The summed E-state index contributed by atoms with van der Waals surface area (Å²) in [5.74, 6) is 2.61. The maximum Gasteiger partial charge on any atom is 0.0762 e. The Morgan fingerprint density at radius 3 is 2.94 bits per heavy atom. The third kappa shape index (κ3) is 2.46. The summed E-state index contributed by atoms with van der Waals surface area (Å²) in [7, 11) is 0. The molecule has 2 aliphatic rings. The second-order valence-corrected chi connectivity index (χ2v) is 6.55. The van der Waals surface area contributed by atoms with Crippen LogP contribution in [0.15, 0.2) is 12.3 Å². The Balaban J connectivity index is 1.56. The summed E-state index contributed by atoms with van der Waals surface area (Å²) in [5.41, 5.74) is 1.19. The lowest BCUT2D eigenvalue weighted by molar-refractivity contribution is 0.305. The fourth-order valence-electron chi connectivity index (χ4n) is 3.68. The van der Waals surface area contributed by atoms with Gasteiger partial charge >= 0.3 is 0 Å². The second kappa shape index (κ2) is 5.04. The SMILES string of the molecule is CC(C)CNCc1ccn(C2CC3CCC2C3)n1. The van der Waals surface area contributed by atoms with E-state index < -0.39 is 0 Å². The number of fused-ring (bicyclic) bond motifs is 2. The Bertz CT molecular complexity index is 396. The molecule has 1 N–H and O–H groups in total. The van der Waals surface area contributed by atoms with Crippen molar-refractivity contribution >= 4 is 0 Å². The van der Waals surface area contributed by atoms with Crippen LogP contribution in [-0.4, -0.2) is 16.3 Å². The van der Waals surface area contributed by atoms with Crippen molar-refractivity contribution in [2.75, 3.05) is 6.54 Å². The highest BCUT2D eigenvalue weighted by Gasteiger charge is 2.40. The van der Waals surface area contributed by atoms with E-state index in [1.807, 2.05) is 0 Å². The smallest absolute Gasteiger partial charge is 0.0762 e. The molecule has 0 spiro atoms. The zero-order chi connectivity index (χ0) is 12.5. The zero-order valence-electron chi connectivity index (χ0n) is 11.6. The molecule has 0 aromatic carbocycles. The maximum absolute atomic E-state index is 4.76. The van der Waals surface area contributed by atoms with Crippen molar-refractivity contribution in [1.82, 2.24) is 15.1 Å². The first-order valence-electron chi connectivity index (χ1n) is 7.47. The molecule has 3 nitrogen and oxygen atoms in total. The van der Waals surface area contributed by atoms with Crippen molar-refractivity contribution in [1.29, 1.82) is 0 Å². The predicted molar refractivity (Wildman–Crippen MR) is 73.3 cm³/mol. The van der Waals surface area contributed by atoms with Crippen molar-refractivity contribution in [3.8, 4) is 0 Å². The van der Waals surface area contributed by atoms with Gasteiger partial charge in [-0.15, -0.1) is 0 Å². The fraction of sp³-hybridized carbons (Fsp3) is 0.800. The van der Waals surface area contributed by atoms with Crippen LogP contribution in [0.25, 0.3) is 0 Å². The summed E-state index contributed by atoms with van der Waals surface area (Å²) in [6, 6.07) is 2.88. The highest BCUT2D eigenvalue weighted by atomic mass is 15.3. The van der Waals surface area contributed by atoms with Crippen LogP contribution in [0.3, 0.4) is 0 Å². The Morgan fingerprint density at radius 2 is 2.28 bits per heavy atom. The number of nitrogens with zero attached hydrogens (tertiary/aromatic N) is 2. The monoisotopic (exact) mass is 247 g/mol. The summed E-state index contributed by atoms with van der Waals surface area (Å²) >= 11 is 0. The van der Waals surface area contributed by atoms with Crippen LogP contribution in [0.1, 0.15) is 51.3 Å². The van der Waals surface area contributed by atoms with Crippen molar-refractivity contribution in [2.45, 2.75) is 52.1 Å². The van der Waals surface area contributed by atoms with E-state index in [1.165, 1.54) is 31.4 Å². The van der Waals surface area contributed by atoms with E-state index in [0.717, 1.165) is 24.9 Å². The number of aromatic nitrogens is 2. The van der Waals surface area contributed by atoms with Gasteiger partial charge in [-0.2, -0.15) is 5.10 Å². The molecule has 0 aliphatic heterocycles. The average molecular weight is 247 g/mol. The van der Waals surface area contributed by atoms with Gasteiger partial charge in [0, 0.05) is 12.7 Å². The van der Waals surface area contributed by atoms with Crippen molar-refractivity contribution in [3.05, 3.63) is 18.0 Å². The molecule has 0 amide bonds. The number of hydrogen-bond donors (Lipinski definition) is 1. The minimum atomic E-state index is 0.697. The lowest BCUT2D eigenvalue weighted by Crippen LogP contribution is -2.20. The number of hydrogen-bond acceptors (Lipinski definition) is 2. The highest BCUT2D eigenvalue weighted by Crippen LogP contribution is 2.50. The molecule has 3 unspecified atom stereocenters. The lowest BCUT2D eigenvalue weighted by atomic mass is 9.96. The largest absolute Gasteiger partial charge is 0.311 e. The first-order chi connectivity index (χ1) is 8.72. The van der Waals surface area contributed by atoms with Crippen LogP contribution in [0.5, 0.6) is 0 Å². The topological polar surface area (TPSA) is 29.9 Å². The normalized spacial score (nSPS) is 30.5. The van der Waals surface area contributed by atoms with E-state index in [2.05, 4.69) is 36.1 Å². The van der Waals surface area contributed by atoms with Gasteiger partial charge in [0.25, 0.3) is 0 Å². The van der Waals surface area contributed by atoms with Gasteiger partial charge in [0.1, 0.15) is 0 Å². The molecule has 2 bridgehead atoms. The Hall–Kier alpha value is -0.830. The fourth-order valence-corrected chi connectivity index (χ4v) is 3.68. The van der Waals surface area contributed by atoms with Gasteiger partial charge in [-0.3, -0.25) is 4.68 Å². The van der Waals surface area contributed by atoms with E-state index in [9.17, 15) is 0 Å². The molecule has 1 heterocycles. The standard InChI is InChI=1S/C15H25N3/c1-11(2)9-16-10-14-5-6-18(17-14)15-8-12-3-4-13(15)7-12/h5-6,11-13,15-16H,3-4,7-10H2,1-2H3. The molecule has 3 atom stereocenters. The van der Waals surface area contributed by atoms with Gasteiger partial charge in [0.2, 0.25) is 0 Å². The van der Waals surface area contributed by atoms with Crippen LogP contribution in [0.2, 0.25) is 0 Å². The van der Waals surface area contributed by atoms with Gasteiger partial charge < -0.3 is 5.32 Å². The van der Waals surface area contributed by atoms with E-state index in [0.29, 0.717) is 12.0 Å². The third-order valence-electron chi connectivity index (χ3n) is 4.56. The van der Waals surface area contributed by atoms with Gasteiger partial charge in [0.05, 0.1) is 11.7 Å². The summed E-state index contributed by atoms with van der Waals surface area (Å²) in [6.45, 7) is 6.45. The first-order valence-corrected chi connectivity index (χ1v) is 7.47. The van der Waals surface area contributed by atoms with E-state index in [4.69, 9.17) is 5.10 Å². The van der Waals surface area contributed by atoms with E-state index in [-0.39, 0.29) is 0 Å². The second-order valence-electron chi connectivity index (χ2n) is 6.55. The molecular formula is C15H25N3. The van der Waals surface area contributed by atoms with E-state index >= 15 is 0 Å². The van der Waals surface area contributed by atoms with Crippen molar-refractivity contribution in [3.63, 3.8) is 0 Å². The van der Waals surface area contributed by atoms with Crippen molar-refractivity contribution in [2.24, 2.45) is 17.8 Å². The summed E-state index contributed by atoms with van der Waals surface area (Å²) < 4.78 is 2.25. The van der Waals surface area contributed by atoms with Crippen LogP contribution in [-0.2, 0) is 6.54 Å². The van der Waals surface area contributed by atoms with Crippen LogP contribution >= 0.6 is 0 Å². The summed E-state index contributed by atoms with van der Waals surface area (Å²) in [4.78, 5) is 0. The molecule has 100 valence electrons. The summed E-state index contributed by atoms with van der Waals surface area (Å²) in [5, 5.41) is 8.23. The Labute approximate surface area is 110 Å². The maximum atomic E-state index is 4.76. The molecule has 2 saturated carbocycles. The quantitative estimate of drug-likeness (QED) is 0.867. The first kappa shape index (κ1) is 12.2. The predicted octanol–water partition coefficient (Wildman–Crippen LogP) is 2.99. The minimum absolute atomic E-state index is 0.697. The average Bonchev–Trinajstić information content (AvgIpc) is 3.03. The molecule has 0 radical (unpaired) electrons. The molecule has 1 aromatic heterocycles. The molecule has 2 fully saturated rings. The number of nitrogens with one attached hydrogen (secondary N) is 1. The van der Waals surface area contributed by atoms with Gasteiger partial charge in [-0.25, -0.2) is 0 Å². The molecular weight excluding hydrogens is 222 g/mol. The van der Waals surface area contributed by atoms with E-state index in [1.54, 1.807) is 0 Å².